The standard InChI is InChI=1S/C14H28N4O2.ClH/c1-11(2)9-16-14(20)17-13(19)10-18-8-4-3-5-12(18)6-7-15;/h11-12H,3-10,15H2,1-2H3,(H2,16,17,19,20);1H. The summed E-state index contributed by atoms with van der Waals surface area (Å²) in [5.41, 5.74) is 5.61. The minimum Gasteiger partial charge on any atom is -0.338 e. The van der Waals surface area contributed by atoms with Gasteiger partial charge in [0.1, 0.15) is 0 Å². The molecule has 0 bridgehead atoms. The number of hydrogen-bond acceptors (Lipinski definition) is 4. The Morgan fingerprint density at radius 2 is 2.05 bits per heavy atom. The minimum atomic E-state index is -0.406. The fourth-order valence-corrected chi connectivity index (χ4v) is 2.48. The number of nitrogens with zero attached hydrogens (tertiary/aromatic N) is 1. The van der Waals surface area contributed by atoms with Crippen LogP contribution in [-0.4, -0.2) is 49.1 Å². The zero-order chi connectivity index (χ0) is 15.0. The average molecular weight is 321 g/mol. The Balaban J connectivity index is 0.00000400. The second-order valence-corrected chi connectivity index (χ2v) is 5.85. The Bertz CT molecular complexity index is 324. The van der Waals surface area contributed by atoms with Gasteiger partial charge in [-0.25, -0.2) is 4.79 Å². The van der Waals surface area contributed by atoms with Crippen LogP contribution in [0.25, 0.3) is 0 Å². The Morgan fingerprint density at radius 1 is 1.33 bits per heavy atom. The first-order chi connectivity index (χ1) is 9.52. The van der Waals surface area contributed by atoms with Crippen LogP contribution >= 0.6 is 12.4 Å². The SMILES string of the molecule is CC(C)CNC(=O)NC(=O)CN1CCCCC1CCN.Cl. The topological polar surface area (TPSA) is 87.5 Å². The van der Waals surface area contributed by atoms with Crippen molar-refractivity contribution < 1.29 is 9.59 Å². The number of carbonyl (C=O) groups is 2. The van der Waals surface area contributed by atoms with Crippen LogP contribution in [0, 0.1) is 5.92 Å². The highest BCUT2D eigenvalue weighted by Gasteiger charge is 2.24. The largest absolute Gasteiger partial charge is 0.338 e. The molecule has 0 aromatic rings. The molecule has 1 aliphatic heterocycles. The molecule has 124 valence electrons. The number of halogens is 1. The normalized spacial score (nSPS) is 19.0. The monoisotopic (exact) mass is 320 g/mol. The molecule has 0 radical (unpaired) electrons. The van der Waals surface area contributed by atoms with Crippen LogP contribution < -0.4 is 16.4 Å². The van der Waals surface area contributed by atoms with Crippen molar-refractivity contribution in [3.63, 3.8) is 0 Å². The summed E-state index contributed by atoms with van der Waals surface area (Å²) in [5, 5.41) is 5.06. The van der Waals surface area contributed by atoms with Gasteiger partial charge in [0.05, 0.1) is 6.54 Å². The summed E-state index contributed by atoms with van der Waals surface area (Å²) in [4.78, 5) is 25.5. The molecule has 0 aromatic heterocycles. The molecule has 0 aliphatic carbocycles. The van der Waals surface area contributed by atoms with Crippen molar-refractivity contribution in [1.82, 2.24) is 15.5 Å². The van der Waals surface area contributed by atoms with Gasteiger partial charge in [0.25, 0.3) is 0 Å². The number of urea groups is 1. The van der Waals surface area contributed by atoms with Crippen molar-refractivity contribution in [2.24, 2.45) is 11.7 Å². The van der Waals surface area contributed by atoms with Crippen molar-refractivity contribution in [3.05, 3.63) is 0 Å². The molecule has 1 fully saturated rings. The number of amides is 3. The Kier molecular flexibility index (Phi) is 10.4. The lowest BCUT2D eigenvalue weighted by molar-refractivity contribution is -0.122. The summed E-state index contributed by atoms with van der Waals surface area (Å²) in [6.07, 6.45) is 4.29. The summed E-state index contributed by atoms with van der Waals surface area (Å²) < 4.78 is 0. The van der Waals surface area contributed by atoms with Crippen LogP contribution in [0.15, 0.2) is 0 Å². The van der Waals surface area contributed by atoms with Crippen molar-refractivity contribution >= 4 is 24.3 Å². The zero-order valence-electron chi connectivity index (χ0n) is 13.1. The summed E-state index contributed by atoms with van der Waals surface area (Å²) in [7, 11) is 0. The van der Waals surface area contributed by atoms with E-state index in [2.05, 4.69) is 15.5 Å². The van der Waals surface area contributed by atoms with Gasteiger partial charge in [0.15, 0.2) is 0 Å². The van der Waals surface area contributed by atoms with Crippen LogP contribution in [0.3, 0.4) is 0 Å². The maximum atomic E-state index is 11.9. The van der Waals surface area contributed by atoms with Gasteiger partial charge in [-0.05, 0) is 38.3 Å². The molecule has 21 heavy (non-hydrogen) atoms. The first-order valence-electron chi connectivity index (χ1n) is 7.54. The molecule has 3 amide bonds. The molecule has 1 heterocycles. The molecule has 0 aromatic carbocycles. The summed E-state index contributed by atoms with van der Waals surface area (Å²) in [5.74, 6) is 0.127. The number of likely N-dealkylation sites (tertiary alicyclic amines) is 1. The third kappa shape index (κ3) is 8.24. The molecule has 1 aliphatic rings. The Hall–Kier alpha value is -0.850. The molecular weight excluding hydrogens is 292 g/mol. The third-order valence-corrected chi connectivity index (χ3v) is 3.52. The van der Waals surface area contributed by atoms with Gasteiger partial charge in [-0.3, -0.25) is 15.0 Å². The van der Waals surface area contributed by atoms with E-state index in [1.807, 2.05) is 13.8 Å². The molecule has 6 nitrogen and oxygen atoms in total. The predicted molar refractivity (Wildman–Crippen MR) is 86.5 cm³/mol. The molecule has 1 rings (SSSR count). The van der Waals surface area contributed by atoms with E-state index in [1.165, 1.54) is 6.42 Å². The maximum absolute atomic E-state index is 11.9. The van der Waals surface area contributed by atoms with E-state index >= 15 is 0 Å². The number of nitrogens with one attached hydrogen (secondary N) is 2. The molecular formula is C14H29ClN4O2. The lowest BCUT2D eigenvalue weighted by Gasteiger charge is -2.34. The zero-order valence-corrected chi connectivity index (χ0v) is 13.9. The van der Waals surface area contributed by atoms with Gasteiger partial charge in [-0.2, -0.15) is 0 Å². The van der Waals surface area contributed by atoms with Gasteiger partial charge >= 0.3 is 6.03 Å². The van der Waals surface area contributed by atoms with Crippen molar-refractivity contribution in [2.75, 3.05) is 26.2 Å². The molecule has 4 N–H and O–H groups in total. The highest BCUT2D eigenvalue weighted by molar-refractivity contribution is 5.95. The Labute approximate surface area is 133 Å². The number of nitrogens with two attached hydrogens (primary N) is 1. The Morgan fingerprint density at radius 3 is 2.67 bits per heavy atom. The fraction of sp³-hybridized carbons (Fsp3) is 0.857. The average Bonchev–Trinajstić information content (AvgIpc) is 2.39. The summed E-state index contributed by atoms with van der Waals surface area (Å²) in [6, 6.07) is -0.0330. The van der Waals surface area contributed by atoms with Crippen LogP contribution in [0.5, 0.6) is 0 Å². The van der Waals surface area contributed by atoms with E-state index in [-0.39, 0.29) is 24.9 Å². The van der Waals surface area contributed by atoms with Crippen LogP contribution in [0.4, 0.5) is 4.79 Å². The molecule has 1 atom stereocenters. The number of hydrogen-bond donors (Lipinski definition) is 3. The van der Waals surface area contributed by atoms with E-state index in [0.717, 1.165) is 25.8 Å². The van der Waals surface area contributed by atoms with E-state index in [0.29, 0.717) is 25.0 Å². The molecule has 0 saturated carbocycles. The highest BCUT2D eigenvalue weighted by Crippen LogP contribution is 2.18. The van der Waals surface area contributed by atoms with Crippen LogP contribution in [0.2, 0.25) is 0 Å². The lowest BCUT2D eigenvalue weighted by atomic mass is 9.99. The number of piperidine rings is 1. The van der Waals surface area contributed by atoms with E-state index in [4.69, 9.17) is 5.73 Å². The number of carbonyl (C=O) groups excluding carboxylic acids is 2. The maximum Gasteiger partial charge on any atom is 0.321 e. The molecule has 1 saturated heterocycles. The molecule has 1 unspecified atom stereocenters. The van der Waals surface area contributed by atoms with Gasteiger partial charge in [0, 0.05) is 12.6 Å². The number of imide groups is 1. The van der Waals surface area contributed by atoms with Crippen molar-refractivity contribution in [1.29, 1.82) is 0 Å². The second-order valence-electron chi connectivity index (χ2n) is 5.85. The third-order valence-electron chi connectivity index (χ3n) is 3.52. The minimum absolute atomic E-state index is 0. The highest BCUT2D eigenvalue weighted by atomic mass is 35.5. The van der Waals surface area contributed by atoms with E-state index in [1.54, 1.807) is 0 Å². The first kappa shape index (κ1) is 20.1. The van der Waals surface area contributed by atoms with Crippen LogP contribution in [0.1, 0.15) is 39.5 Å². The summed E-state index contributed by atoms with van der Waals surface area (Å²) in [6.45, 7) is 6.41. The lowest BCUT2D eigenvalue weighted by Crippen LogP contribution is -2.49. The van der Waals surface area contributed by atoms with Crippen LogP contribution in [-0.2, 0) is 4.79 Å². The number of rotatable bonds is 6. The van der Waals surface area contributed by atoms with Gasteiger partial charge < -0.3 is 11.1 Å². The van der Waals surface area contributed by atoms with E-state index < -0.39 is 6.03 Å². The molecule has 0 spiro atoms. The smallest absolute Gasteiger partial charge is 0.321 e. The van der Waals surface area contributed by atoms with Crippen molar-refractivity contribution in [3.8, 4) is 0 Å². The first-order valence-corrected chi connectivity index (χ1v) is 7.54. The van der Waals surface area contributed by atoms with E-state index in [9.17, 15) is 9.59 Å². The fourth-order valence-electron chi connectivity index (χ4n) is 2.48. The quantitative estimate of drug-likeness (QED) is 0.683. The van der Waals surface area contributed by atoms with Crippen molar-refractivity contribution in [2.45, 2.75) is 45.6 Å². The summed E-state index contributed by atoms with van der Waals surface area (Å²) >= 11 is 0. The van der Waals surface area contributed by atoms with Gasteiger partial charge in [-0.15, -0.1) is 12.4 Å². The second kappa shape index (κ2) is 10.8. The van der Waals surface area contributed by atoms with Gasteiger partial charge in [-0.1, -0.05) is 20.3 Å². The molecule has 7 heteroatoms. The van der Waals surface area contributed by atoms with Gasteiger partial charge in [0.2, 0.25) is 5.91 Å². The predicted octanol–water partition coefficient (Wildman–Crippen LogP) is 1.09.